The Hall–Kier alpha value is -2.63. The molecule has 1 atom stereocenters. The molecule has 0 aromatic carbocycles. The van der Waals surface area contributed by atoms with E-state index >= 15 is 0 Å². The Morgan fingerprint density at radius 3 is 1.05 bits per heavy atom. The third-order valence-electron chi connectivity index (χ3n) is 11.8. The highest BCUT2D eigenvalue weighted by Gasteiger charge is 2.19. The SMILES string of the molecule is CC/C=C\C/C=C\C/C=C\CCCC(=O)OCC(COC(=O)CCCCCCC/C=C\CCCCCCCCCCC)OC(=O)CCCCCCCCCCCCCCCCCC. The number of carbonyl (C=O) groups is 3. The molecule has 0 aliphatic heterocycles. The molecule has 6 nitrogen and oxygen atoms in total. The van der Waals surface area contributed by atoms with Crippen LogP contribution in [0.25, 0.3) is 0 Å². The summed E-state index contributed by atoms with van der Waals surface area (Å²) in [7, 11) is 0. The normalized spacial score (nSPS) is 12.4. The monoisotopic (exact) mass is 883 g/mol. The zero-order valence-corrected chi connectivity index (χ0v) is 41.8. The van der Waals surface area contributed by atoms with Crippen LogP contribution < -0.4 is 0 Å². The van der Waals surface area contributed by atoms with Crippen LogP contribution in [0.1, 0.15) is 278 Å². The summed E-state index contributed by atoms with van der Waals surface area (Å²) in [5, 5.41) is 0. The third kappa shape index (κ3) is 50.2. The highest BCUT2D eigenvalue weighted by molar-refractivity contribution is 5.71. The maximum atomic E-state index is 12.8. The van der Waals surface area contributed by atoms with Gasteiger partial charge in [-0.25, -0.2) is 0 Å². The number of allylic oxidation sites excluding steroid dienone is 8. The predicted molar refractivity (Wildman–Crippen MR) is 270 cm³/mol. The van der Waals surface area contributed by atoms with Crippen LogP contribution in [0.2, 0.25) is 0 Å². The Morgan fingerprint density at radius 2 is 0.635 bits per heavy atom. The summed E-state index contributed by atoms with van der Waals surface area (Å²) in [5.41, 5.74) is 0. The second-order valence-corrected chi connectivity index (χ2v) is 18.1. The fourth-order valence-electron chi connectivity index (χ4n) is 7.76. The maximum absolute atomic E-state index is 12.8. The molecule has 0 spiro atoms. The lowest BCUT2D eigenvalue weighted by Crippen LogP contribution is -2.30. The summed E-state index contributed by atoms with van der Waals surface area (Å²) in [6.45, 7) is 6.49. The van der Waals surface area contributed by atoms with E-state index in [2.05, 4.69) is 69.4 Å². The van der Waals surface area contributed by atoms with Crippen molar-refractivity contribution in [3.63, 3.8) is 0 Å². The van der Waals surface area contributed by atoms with Crippen molar-refractivity contribution in [2.24, 2.45) is 0 Å². The highest BCUT2D eigenvalue weighted by atomic mass is 16.6. The van der Waals surface area contributed by atoms with E-state index in [9.17, 15) is 14.4 Å². The molecule has 0 saturated carbocycles. The van der Waals surface area contributed by atoms with Crippen LogP contribution in [0.4, 0.5) is 0 Å². The lowest BCUT2D eigenvalue weighted by molar-refractivity contribution is -0.167. The predicted octanol–water partition coefficient (Wildman–Crippen LogP) is 17.9. The van der Waals surface area contributed by atoms with Gasteiger partial charge in [-0.1, -0.05) is 236 Å². The Bertz CT molecular complexity index is 1110. The van der Waals surface area contributed by atoms with Crippen LogP contribution in [-0.2, 0) is 28.6 Å². The first-order valence-electron chi connectivity index (χ1n) is 27.1. The third-order valence-corrected chi connectivity index (χ3v) is 11.8. The van der Waals surface area contributed by atoms with Crippen molar-refractivity contribution < 1.29 is 28.6 Å². The molecular weight excluding hydrogens is 781 g/mol. The average Bonchev–Trinajstić information content (AvgIpc) is 3.28. The van der Waals surface area contributed by atoms with Gasteiger partial charge in [0.25, 0.3) is 0 Å². The topological polar surface area (TPSA) is 78.9 Å². The minimum absolute atomic E-state index is 0.0906. The summed E-state index contributed by atoms with van der Waals surface area (Å²) in [6.07, 6.45) is 62.6. The fraction of sp³-hybridized carbons (Fsp3) is 0.807. The summed E-state index contributed by atoms with van der Waals surface area (Å²) in [5.74, 6) is -0.944. The first kappa shape index (κ1) is 60.4. The van der Waals surface area contributed by atoms with E-state index in [-0.39, 0.29) is 37.5 Å². The van der Waals surface area contributed by atoms with Crippen molar-refractivity contribution in [1.82, 2.24) is 0 Å². The zero-order valence-electron chi connectivity index (χ0n) is 41.8. The highest BCUT2D eigenvalue weighted by Crippen LogP contribution is 2.16. The Morgan fingerprint density at radius 1 is 0.333 bits per heavy atom. The van der Waals surface area contributed by atoms with Gasteiger partial charge in [-0.05, 0) is 70.6 Å². The second kappa shape index (κ2) is 52.0. The molecule has 0 radical (unpaired) electrons. The number of ether oxygens (including phenoxy) is 3. The molecular formula is C57H102O6. The molecule has 0 saturated heterocycles. The number of unbranched alkanes of at least 4 members (excludes halogenated alkanes) is 30. The Kier molecular flexibility index (Phi) is 49.8. The van der Waals surface area contributed by atoms with Crippen LogP contribution in [0.3, 0.4) is 0 Å². The first-order valence-corrected chi connectivity index (χ1v) is 27.1. The number of hydrogen-bond acceptors (Lipinski definition) is 6. The smallest absolute Gasteiger partial charge is 0.306 e. The van der Waals surface area contributed by atoms with Gasteiger partial charge in [0.05, 0.1) is 0 Å². The molecule has 0 aliphatic rings. The van der Waals surface area contributed by atoms with Crippen molar-refractivity contribution in [2.45, 2.75) is 284 Å². The van der Waals surface area contributed by atoms with Gasteiger partial charge in [0, 0.05) is 19.3 Å². The van der Waals surface area contributed by atoms with Crippen molar-refractivity contribution >= 4 is 17.9 Å². The van der Waals surface area contributed by atoms with Gasteiger partial charge in [-0.15, -0.1) is 0 Å². The maximum Gasteiger partial charge on any atom is 0.306 e. The largest absolute Gasteiger partial charge is 0.462 e. The van der Waals surface area contributed by atoms with E-state index in [0.717, 1.165) is 70.6 Å². The van der Waals surface area contributed by atoms with E-state index in [1.807, 2.05) is 0 Å². The van der Waals surface area contributed by atoms with Crippen LogP contribution >= 0.6 is 0 Å². The molecule has 0 N–H and O–H groups in total. The molecule has 63 heavy (non-hydrogen) atoms. The molecule has 0 heterocycles. The molecule has 0 aromatic heterocycles. The van der Waals surface area contributed by atoms with Crippen LogP contribution in [0, 0.1) is 0 Å². The van der Waals surface area contributed by atoms with E-state index in [4.69, 9.17) is 14.2 Å². The standard InChI is InChI=1S/C57H102O6/c1-4-7-10-13-16-19-22-24-26-28-29-31-32-35-38-41-44-47-50-56(59)62-53-54(52-61-55(58)49-46-43-40-37-34-21-18-15-12-9-6-3)63-57(60)51-48-45-42-39-36-33-30-27-25-23-20-17-14-11-8-5-2/h9,12,18,21,29,31,37,40,54H,4-8,10-11,13-17,19-20,22-28,30,32-36,38-39,41-53H2,1-3H3/b12-9-,21-18-,31-29-,40-37-. The molecule has 0 aliphatic carbocycles. The number of hydrogen-bond donors (Lipinski definition) is 0. The second-order valence-electron chi connectivity index (χ2n) is 18.1. The van der Waals surface area contributed by atoms with Crippen LogP contribution in [0.5, 0.6) is 0 Å². The van der Waals surface area contributed by atoms with E-state index < -0.39 is 6.10 Å². The summed E-state index contributed by atoms with van der Waals surface area (Å²) >= 11 is 0. The van der Waals surface area contributed by atoms with Gasteiger partial charge in [-0.2, -0.15) is 0 Å². The average molecular weight is 883 g/mol. The molecule has 1 unspecified atom stereocenters. The van der Waals surface area contributed by atoms with Crippen LogP contribution in [0.15, 0.2) is 48.6 Å². The summed E-state index contributed by atoms with van der Waals surface area (Å²) < 4.78 is 16.8. The summed E-state index contributed by atoms with van der Waals surface area (Å²) in [4.78, 5) is 38.0. The first-order chi connectivity index (χ1) is 31.0. The van der Waals surface area contributed by atoms with Crippen molar-refractivity contribution in [3.8, 4) is 0 Å². The number of esters is 3. The molecule has 0 fully saturated rings. The number of carbonyl (C=O) groups excluding carboxylic acids is 3. The van der Waals surface area contributed by atoms with Crippen LogP contribution in [-0.4, -0.2) is 37.2 Å². The van der Waals surface area contributed by atoms with Crippen molar-refractivity contribution in [1.29, 1.82) is 0 Å². The molecule has 366 valence electrons. The van der Waals surface area contributed by atoms with E-state index in [1.165, 1.54) is 161 Å². The van der Waals surface area contributed by atoms with E-state index in [1.54, 1.807) is 0 Å². The zero-order chi connectivity index (χ0) is 45.8. The molecule has 0 amide bonds. The Balaban J connectivity index is 4.36. The fourth-order valence-corrected chi connectivity index (χ4v) is 7.76. The molecule has 0 aromatic rings. The Labute approximate surface area is 390 Å². The minimum Gasteiger partial charge on any atom is -0.462 e. The van der Waals surface area contributed by atoms with Gasteiger partial charge >= 0.3 is 17.9 Å². The molecule has 6 heteroatoms. The lowest BCUT2D eigenvalue weighted by atomic mass is 10.0. The molecule has 0 bridgehead atoms. The number of rotatable bonds is 49. The van der Waals surface area contributed by atoms with Crippen molar-refractivity contribution in [2.75, 3.05) is 13.2 Å². The van der Waals surface area contributed by atoms with Gasteiger partial charge < -0.3 is 14.2 Å². The molecule has 0 rings (SSSR count). The van der Waals surface area contributed by atoms with Crippen molar-refractivity contribution in [3.05, 3.63) is 48.6 Å². The van der Waals surface area contributed by atoms with Gasteiger partial charge in [0.2, 0.25) is 0 Å². The van der Waals surface area contributed by atoms with E-state index in [0.29, 0.717) is 19.3 Å². The quantitative estimate of drug-likeness (QED) is 0.0262. The summed E-state index contributed by atoms with van der Waals surface area (Å²) in [6, 6.07) is 0. The van der Waals surface area contributed by atoms with Gasteiger partial charge in [0.1, 0.15) is 13.2 Å². The minimum atomic E-state index is -0.793. The van der Waals surface area contributed by atoms with Gasteiger partial charge in [0.15, 0.2) is 6.10 Å². The van der Waals surface area contributed by atoms with Gasteiger partial charge in [-0.3, -0.25) is 14.4 Å². The lowest BCUT2D eigenvalue weighted by Gasteiger charge is -2.18.